The fraction of sp³-hybridized carbons (Fsp3) is 0.353. The summed E-state index contributed by atoms with van der Waals surface area (Å²) in [5, 5.41) is 8.83. The summed E-state index contributed by atoms with van der Waals surface area (Å²) in [6, 6.07) is 14.7. The minimum atomic E-state index is 0.133. The number of benzene rings is 2. The normalized spacial score (nSPS) is 16.2. The second kappa shape index (κ2) is 6.06. The van der Waals surface area contributed by atoms with E-state index in [0.717, 1.165) is 31.5 Å². The average Bonchev–Trinajstić information content (AvgIpc) is 2.48. The summed E-state index contributed by atoms with van der Waals surface area (Å²) in [6.07, 6.45) is 2.52. The maximum atomic E-state index is 12.2. The van der Waals surface area contributed by atoms with E-state index >= 15 is 0 Å². The van der Waals surface area contributed by atoms with Gasteiger partial charge in [-0.15, -0.1) is 0 Å². The monoisotopic (exact) mass is 268 g/mol. The van der Waals surface area contributed by atoms with Gasteiger partial charge in [0.25, 0.3) is 0 Å². The second-order valence-electron chi connectivity index (χ2n) is 5.41. The topological polar surface area (TPSA) is 41.1 Å². The van der Waals surface area contributed by atoms with E-state index < -0.39 is 0 Å². The molecule has 1 amide bonds. The number of hydrogen-bond donors (Lipinski definition) is 2. The second-order valence-corrected chi connectivity index (χ2v) is 5.41. The highest BCUT2D eigenvalue weighted by Crippen LogP contribution is 2.19. The Morgan fingerprint density at radius 1 is 1.10 bits per heavy atom. The number of nitrogens with one attached hydrogen (secondary N) is 2. The molecule has 3 heteroatoms. The predicted octanol–water partition coefficient (Wildman–Crippen LogP) is 2.25. The van der Waals surface area contributed by atoms with E-state index in [1.807, 2.05) is 24.3 Å². The van der Waals surface area contributed by atoms with Crippen LogP contribution in [0.4, 0.5) is 0 Å². The molecule has 0 aliphatic carbocycles. The van der Waals surface area contributed by atoms with Gasteiger partial charge in [-0.25, -0.2) is 0 Å². The maximum Gasteiger partial charge on any atom is 0.224 e. The Morgan fingerprint density at radius 3 is 2.70 bits per heavy atom. The van der Waals surface area contributed by atoms with Crippen molar-refractivity contribution >= 4 is 16.7 Å². The molecule has 2 N–H and O–H groups in total. The number of amides is 1. The van der Waals surface area contributed by atoms with Crippen molar-refractivity contribution in [1.29, 1.82) is 0 Å². The van der Waals surface area contributed by atoms with Crippen LogP contribution in [-0.4, -0.2) is 25.0 Å². The standard InChI is InChI=1S/C17H20N2O/c20-17(19-15-8-10-18-11-9-15)12-14-6-3-5-13-4-1-2-7-16(13)14/h1-7,15,18H,8-12H2,(H,19,20). The molecule has 1 heterocycles. The Kier molecular flexibility index (Phi) is 3.97. The van der Waals surface area contributed by atoms with Gasteiger partial charge in [0.2, 0.25) is 5.91 Å². The summed E-state index contributed by atoms with van der Waals surface area (Å²) in [4.78, 5) is 12.2. The molecule has 0 radical (unpaired) electrons. The highest BCUT2D eigenvalue weighted by molar-refractivity contribution is 5.90. The van der Waals surface area contributed by atoms with Crippen molar-refractivity contribution < 1.29 is 4.79 Å². The Hall–Kier alpha value is -1.87. The van der Waals surface area contributed by atoms with Gasteiger partial charge >= 0.3 is 0 Å². The van der Waals surface area contributed by atoms with Crippen molar-refractivity contribution in [3.05, 3.63) is 48.0 Å². The molecular weight excluding hydrogens is 248 g/mol. The van der Waals surface area contributed by atoms with Crippen molar-refractivity contribution in [1.82, 2.24) is 10.6 Å². The minimum Gasteiger partial charge on any atom is -0.353 e. The zero-order valence-electron chi connectivity index (χ0n) is 11.6. The van der Waals surface area contributed by atoms with E-state index in [1.165, 1.54) is 10.8 Å². The Balaban J connectivity index is 1.71. The molecule has 3 nitrogen and oxygen atoms in total. The number of carbonyl (C=O) groups excluding carboxylic acids is 1. The highest BCUT2D eigenvalue weighted by Gasteiger charge is 2.15. The van der Waals surface area contributed by atoms with Crippen molar-refractivity contribution in [2.24, 2.45) is 0 Å². The van der Waals surface area contributed by atoms with Crippen molar-refractivity contribution in [2.45, 2.75) is 25.3 Å². The largest absolute Gasteiger partial charge is 0.353 e. The smallest absolute Gasteiger partial charge is 0.224 e. The van der Waals surface area contributed by atoms with Crippen LogP contribution in [0.5, 0.6) is 0 Å². The van der Waals surface area contributed by atoms with Crippen LogP contribution < -0.4 is 10.6 Å². The molecule has 2 aromatic carbocycles. The number of carbonyl (C=O) groups is 1. The number of fused-ring (bicyclic) bond motifs is 1. The molecule has 1 fully saturated rings. The summed E-state index contributed by atoms with van der Waals surface area (Å²) in [5.41, 5.74) is 1.11. The van der Waals surface area contributed by atoms with Crippen LogP contribution in [0.3, 0.4) is 0 Å². The van der Waals surface area contributed by atoms with Gasteiger partial charge in [-0.2, -0.15) is 0 Å². The lowest BCUT2D eigenvalue weighted by Crippen LogP contribution is -2.43. The quantitative estimate of drug-likeness (QED) is 0.896. The first-order valence-electron chi connectivity index (χ1n) is 7.29. The molecule has 104 valence electrons. The maximum absolute atomic E-state index is 12.2. The molecule has 2 aromatic rings. The average molecular weight is 268 g/mol. The van der Waals surface area contributed by atoms with Gasteiger partial charge in [0.05, 0.1) is 6.42 Å². The van der Waals surface area contributed by atoms with E-state index in [2.05, 4.69) is 28.8 Å². The Labute approximate surface area is 119 Å². The SMILES string of the molecule is O=C(Cc1cccc2ccccc12)NC1CCNCC1. The van der Waals surface area contributed by atoms with Gasteiger partial charge in [-0.05, 0) is 42.3 Å². The lowest BCUT2D eigenvalue weighted by Gasteiger charge is -2.23. The van der Waals surface area contributed by atoms with Crippen LogP contribution in [0.1, 0.15) is 18.4 Å². The Morgan fingerprint density at radius 2 is 1.85 bits per heavy atom. The molecule has 0 bridgehead atoms. The molecule has 1 saturated heterocycles. The first kappa shape index (κ1) is 13.1. The third-order valence-electron chi connectivity index (χ3n) is 3.94. The van der Waals surface area contributed by atoms with Crippen LogP contribution in [0, 0.1) is 0 Å². The van der Waals surface area contributed by atoms with Crippen LogP contribution in [0.15, 0.2) is 42.5 Å². The first-order chi connectivity index (χ1) is 9.83. The molecule has 0 unspecified atom stereocenters. The van der Waals surface area contributed by atoms with E-state index in [-0.39, 0.29) is 5.91 Å². The van der Waals surface area contributed by atoms with Gasteiger partial charge in [-0.3, -0.25) is 4.79 Å². The first-order valence-corrected chi connectivity index (χ1v) is 7.29. The number of rotatable bonds is 3. The predicted molar refractivity (Wildman–Crippen MR) is 81.7 cm³/mol. The molecule has 0 atom stereocenters. The van der Waals surface area contributed by atoms with Crippen molar-refractivity contribution in [2.75, 3.05) is 13.1 Å². The summed E-state index contributed by atoms with van der Waals surface area (Å²) in [5.74, 6) is 0.133. The van der Waals surface area contributed by atoms with Crippen LogP contribution >= 0.6 is 0 Å². The molecule has 1 aliphatic rings. The Bertz CT molecular complexity index is 597. The van der Waals surface area contributed by atoms with Crippen LogP contribution in [0.25, 0.3) is 10.8 Å². The van der Waals surface area contributed by atoms with Gasteiger partial charge < -0.3 is 10.6 Å². The third kappa shape index (κ3) is 2.99. The van der Waals surface area contributed by atoms with Gasteiger partial charge in [0.15, 0.2) is 0 Å². The molecule has 0 spiro atoms. The third-order valence-corrected chi connectivity index (χ3v) is 3.94. The van der Waals surface area contributed by atoms with Gasteiger partial charge in [0, 0.05) is 6.04 Å². The lowest BCUT2D eigenvalue weighted by atomic mass is 10.0. The van der Waals surface area contributed by atoms with Crippen molar-refractivity contribution in [3.8, 4) is 0 Å². The molecular formula is C17H20N2O. The van der Waals surface area contributed by atoms with Crippen LogP contribution in [0.2, 0.25) is 0 Å². The molecule has 3 rings (SSSR count). The van der Waals surface area contributed by atoms with E-state index in [0.29, 0.717) is 12.5 Å². The summed E-state index contributed by atoms with van der Waals surface area (Å²) < 4.78 is 0. The zero-order chi connectivity index (χ0) is 13.8. The molecule has 1 aliphatic heterocycles. The van der Waals surface area contributed by atoms with E-state index in [9.17, 15) is 4.79 Å². The summed E-state index contributed by atoms with van der Waals surface area (Å²) in [7, 11) is 0. The highest BCUT2D eigenvalue weighted by atomic mass is 16.1. The van der Waals surface area contributed by atoms with E-state index in [4.69, 9.17) is 0 Å². The van der Waals surface area contributed by atoms with Crippen molar-refractivity contribution in [3.63, 3.8) is 0 Å². The zero-order valence-corrected chi connectivity index (χ0v) is 11.6. The number of piperidine rings is 1. The summed E-state index contributed by atoms with van der Waals surface area (Å²) in [6.45, 7) is 2.00. The molecule has 20 heavy (non-hydrogen) atoms. The fourth-order valence-electron chi connectivity index (χ4n) is 2.86. The lowest BCUT2D eigenvalue weighted by molar-refractivity contribution is -0.121. The van der Waals surface area contributed by atoms with Crippen LogP contribution in [-0.2, 0) is 11.2 Å². The minimum absolute atomic E-state index is 0.133. The fourth-order valence-corrected chi connectivity index (χ4v) is 2.86. The summed E-state index contributed by atoms with van der Waals surface area (Å²) >= 11 is 0. The van der Waals surface area contributed by atoms with Gasteiger partial charge in [0.1, 0.15) is 0 Å². The molecule has 0 aromatic heterocycles. The van der Waals surface area contributed by atoms with Gasteiger partial charge in [-0.1, -0.05) is 42.5 Å². The molecule has 0 saturated carbocycles. The number of hydrogen-bond acceptors (Lipinski definition) is 2. The van der Waals surface area contributed by atoms with E-state index in [1.54, 1.807) is 0 Å².